The molecule has 2 heterocycles. The maximum absolute atomic E-state index is 12.1. The number of anilines is 6. The Bertz CT molecular complexity index is 1510. The standard InChI is InChI=1S/C23H23BrN8O2S2/c1-32(35-2)21-19(10-9-18-20(21)26-12-11-25-18)29-22-17(24)13-27-23(30-22)28-14-3-5-15(6-4-14)31-36(33,34)16-7-8-16/h3-6,9-13,16,31H,7-8H2,1-2H3,(H2,27,28,29,30). The van der Waals surface area contributed by atoms with E-state index in [0.29, 0.717) is 34.8 Å². The third kappa shape index (κ3) is 5.32. The summed E-state index contributed by atoms with van der Waals surface area (Å²) < 4.78 is 29.6. The van der Waals surface area contributed by atoms with Crippen molar-refractivity contribution in [2.45, 2.75) is 18.1 Å². The summed E-state index contributed by atoms with van der Waals surface area (Å²) in [5, 5.41) is 6.28. The lowest BCUT2D eigenvalue weighted by atomic mass is 10.2. The SMILES string of the molecule is CSN(C)c1c(Nc2nc(Nc3ccc(NS(=O)(=O)C4CC4)cc3)ncc2Br)ccc2nccnc12. The first-order chi connectivity index (χ1) is 17.3. The molecule has 1 aliphatic rings. The van der Waals surface area contributed by atoms with Crippen LogP contribution in [0.1, 0.15) is 12.8 Å². The van der Waals surface area contributed by atoms with Crippen LogP contribution in [0.3, 0.4) is 0 Å². The molecule has 0 bridgehead atoms. The minimum absolute atomic E-state index is 0.275. The molecule has 0 saturated heterocycles. The maximum atomic E-state index is 12.1. The second-order valence-corrected chi connectivity index (χ2v) is 11.9. The zero-order valence-electron chi connectivity index (χ0n) is 19.4. The van der Waals surface area contributed by atoms with E-state index in [9.17, 15) is 8.42 Å². The average Bonchev–Trinajstić information content (AvgIpc) is 3.73. The van der Waals surface area contributed by atoms with Gasteiger partial charge in [0.1, 0.15) is 11.3 Å². The second kappa shape index (κ2) is 10.1. The molecule has 1 fully saturated rings. The molecule has 0 unspecified atom stereocenters. The van der Waals surface area contributed by atoms with Gasteiger partial charge in [0.15, 0.2) is 0 Å². The van der Waals surface area contributed by atoms with Gasteiger partial charge in [-0.15, -0.1) is 0 Å². The molecule has 1 saturated carbocycles. The summed E-state index contributed by atoms with van der Waals surface area (Å²) in [6.45, 7) is 0. The number of halogens is 1. The monoisotopic (exact) mass is 586 g/mol. The minimum atomic E-state index is -3.30. The lowest BCUT2D eigenvalue weighted by Crippen LogP contribution is -2.17. The van der Waals surface area contributed by atoms with Crippen molar-refractivity contribution in [2.75, 3.05) is 33.0 Å². The van der Waals surface area contributed by atoms with Crippen LogP contribution in [-0.2, 0) is 10.0 Å². The normalized spacial score (nSPS) is 13.4. The number of sulfonamides is 1. The lowest BCUT2D eigenvalue weighted by molar-refractivity contribution is 0.600. The van der Waals surface area contributed by atoms with Gasteiger partial charge in [0.2, 0.25) is 16.0 Å². The van der Waals surface area contributed by atoms with Crippen molar-refractivity contribution < 1.29 is 8.42 Å². The summed E-state index contributed by atoms with van der Waals surface area (Å²) >= 11 is 5.09. The largest absolute Gasteiger partial charge is 0.337 e. The number of nitrogens with zero attached hydrogens (tertiary/aromatic N) is 5. The zero-order chi connectivity index (χ0) is 25.3. The molecule has 2 aromatic carbocycles. The molecule has 10 nitrogen and oxygen atoms in total. The summed E-state index contributed by atoms with van der Waals surface area (Å²) in [7, 11) is -1.33. The highest BCUT2D eigenvalue weighted by atomic mass is 79.9. The van der Waals surface area contributed by atoms with E-state index in [0.717, 1.165) is 28.1 Å². The van der Waals surface area contributed by atoms with Crippen molar-refractivity contribution in [3.05, 3.63) is 59.5 Å². The number of hydrogen-bond acceptors (Lipinski definition) is 10. The minimum Gasteiger partial charge on any atom is -0.337 e. The molecule has 4 aromatic rings. The first kappa shape index (κ1) is 24.5. The Kier molecular flexibility index (Phi) is 6.86. The average molecular weight is 588 g/mol. The van der Waals surface area contributed by atoms with Crippen molar-refractivity contribution in [3.63, 3.8) is 0 Å². The summed E-state index contributed by atoms with van der Waals surface area (Å²) in [5.74, 6) is 0.952. The van der Waals surface area contributed by atoms with Gasteiger partial charge >= 0.3 is 0 Å². The fourth-order valence-corrected chi connectivity index (χ4v) is 5.60. The van der Waals surface area contributed by atoms with E-state index in [1.807, 2.05) is 29.7 Å². The van der Waals surface area contributed by atoms with Crippen molar-refractivity contribution in [3.8, 4) is 0 Å². The van der Waals surface area contributed by atoms with Gasteiger partial charge in [0.05, 0.1) is 26.6 Å². The van der Waals surface area contributed by atoms with Gasteiger partial charge in [-0.25, -0.2) is 13.4 Å². The zero-order valence-corrected chi connectivity index (χ0v) is 22.7. The number of benzene rings is 2. The van der Waals surface area contributed by atoms with Gasteiger partial charge in [-0.2, -0.15) is 4.98 Å². The second-order valence-electron chi connectivity index (χ2n) is 8.13. The Hall–Kier alpha value is -3.16. The van der Waals surface area contributed by atoms with E-state index >= 15 is 0 Å². The lowest BCUT2D eigenvalue weighted by Gasteiger charge is -2.21. The number of nitrogens with one attached hydrogen (secondary N) is 3. The number of rotatable bonds is 9. The highest BCUT2D eigenvalue weighted by Crippen LogP contribution is 2.37. The van der Waals surface area contributed by atoms with Crippen molar-refractivity contribution in [1.29, 1.82) is 0 Å². The van der Waals surface area contributed by atoms with Gasteiger partial charge < -0.3 is 14.9 Å². The van der Waals surface area contributed by atoms with E-state index in [1.165, 1.54) is 0 Å². The maximum Gasteiger partial charge on any atom is 0.235 e. The molecule has 5 rings (SSSR count). The molecule has 1 aliphatic carbocycles. The van der Waals surface area contributed by atoms with Crippen LogP contribution >= 0.6 is 27.9 Å². The number of hydrogen-bond donors (Lipinski definition) is 3. The first-order valence-corrected chi connectivity index (χ1v) is 14.6. The number of fused-ring (bicyclic) bond motifs is 1. The molecule has 0 aliphatic heterocycles. The summed E-state index contributed by atoms with van der Waals surface area (Å²) in [6, 6.07) is 10.8. The van der Waals surface area contributed by atoms with E-state index < -0.39 is 10.0 Å². The molecule has 0 spiro atoms. The number of aromatic nitrogens is 4. The van der Waals surface area contributed by atoms with E-state index in [1.54, 1.807) is 54.8 Å². The molecule has 13 heteroatoms. The van der Waals surface area contributed by atoms with Crippen LogP contribution in [0.5, 0.6) is 0 Å². The Labute approximate surface area is 221 Å². The van der Waals surface area contributed by atoms with E-state index in [4.69, 9.17) is 0 Å². The molecular weight excluding hydrogens is 564 g/mol. The van der Waals surface area contributed by atoms with Gasteiger partial charge in [-0.05, 0) is 65.2 Å². The quantitative estimate of drug-likeness (QED) is 0.223. The van der Waals surface area contributed by atoms with Crippen LogP contribution < -0.4 is 19.7 Å². The van der Waals surface area contributed by atoms with Crippen molar-refractivity contribution >= 4 is 83.5 Å². The predicted octanol–water partition coefficient (Wildman–Crippen LogP) is 5.29. The Morgan fingerprint density at radius 1 is 1.00 bits per heavy atom. The molecule has 2 aromatic heterocycles. The van der Waals surface area contributed by atoms with Crippen LogP contribution in [0.15, 0.2) is 59.5 Å². The van der Waals surface area contributed by atoms with Gasteiger partial charge in [-0.3, -0.25) is 14.7 Å². The molecule has 186 valence electrons. The summed E-state index contributed by atoms with van der Waals surface area (Å²) in [6.07, 6.45) is 8.43. The predicted molar refractivity (Wildman–Crippen MR) is 150 cm³/mol. The van der Waals surface area contributed by atoms with Crippen LogP contribution in [0.25, 0.3) is 11.0 Å². The molecule has 3 N–H and O–H groups in total. The molecule has 0 radical (unpaired) electrons. The highest BCUT2D eigenvalue weighted by Gasteiger charge is 2.35. The van der Waals surface area contributed by atoms with E-state index in [2.05, 4.69) is 51.2 Å². The van der Waals surface area contributed by atoms with Crippen LogP contribution in [-0.4, -0.2) is 46.9 Å². The third-order valence-corrected chi connectivity index (χ3v) is 8.74. The fourth-order valence-electron chi connectivity index (χ4n) is 3.55. The highest BCUT2D eigenvalue weighted by molar-refractivity contribution is 9.10. The summed E-state index contributed by atoms with van der Waals surface area (Å²) in [5.41, 5.74) is 4.53. The summed E-state index contributed by atoms with van der Waals surface area (Å²) in [4.78, 5) is 17.9. The molecule has 36 heavy (non-hydrogen) atoms. The van der Waals surface area contributed by atoms with Crippen LogP contribution in [0.2, 0.25) is 0 Å². The Morgan fingerprint density at radius 3 is 2.44 bits per heavy atom. The van der Waals surface area contributed by atoms with Gasteiger partial charge in [0, 0.05) is 43.3 Å². The van der Waals surface area contributed by atoms with E-state index in [-0.39, 0.29) is 5.25 Å². The first-order valence-electron chi connectivity index (χ1n) is 11.0. The molecular formula is C23H23BrN8O2S2. The topological polar surface area (TPSA) is 125 Å². The fraction of sp³-hybridized carbons (Fsp3) is 0.217. The van der Waals surface area contributed by atoms with Crippen LogP contribution in [0.4, 0.5) is 34.5 Å². The third-order valence-electron chi connectivity index (χ3n) is 5.56. The van der Waals surface area contributed by atoms with Gasteiger partial charge in [-0.1, -0.05) is 11.9 Å². The van der Waals surface area contributed by atoms with Gasteiger partial charge in [0.25, 0.3) is 0 Å². The van der Waals surface area contributed by atoms with Crippen molar-refractivity contribution in [2.24, 2.45) is 0 Å². The molecule has 0 amide bonds. The smallest absolute Gasteiger partial charge is 0.235 e. The Balaban J connectivity index is 1.37. The molecule has 0 atom stereocenters. The van der Waals surface area contributed by atoms with Crippen LogP contribution in [0, 0.1) is 0 Å². The van der Waals surface area contributed by atoms with Crippen molar-refractivity contribution in [1.82, 2.24) is 19.9 Å². The Morgan fingerprint density at radius 2 is 1.72 bits per heavy atom.